The van der Waals surface area contributed by atoms with E-state index in [9.17, 15) is 19.0 Å². The number of hydrogen-bond donors (Lipinski definition) is 3. The van der Waals surface area contributed by atoms with Crippen LogP contribution in [0.3, 0.4) is 0 Å². The zero-order valence-corrected chi connectivity index (χ0v) is 15.8. The summed E-state index contributed by atoms with van der Waals surface area (Å²) in [6, 6.07) is 7.67. The summed E-state index contributed by atoms with van der Waals surface area (Å²) in [5.74, 6) is -0.543. The summed E-state index contributed by atoms with van der Waals surface area (Å²) in [5.41, 5.74) is 2.46. The third-order valence-corrected chi connectivity index (χ3v) is 5.83. The number of aryl methyl sites for hydroxylation is 1. The largest absolute Gasteiger partial charge is 0.488 e. The topological polar surface area (TPSA) is 61.7 Å². The molecule has 3 N–H and O–H groups in total. The molecule has 2 aromatic rings. The van der Waals surface area contributed by atoms with Crippen molar-refractivity contribution in [3.63, 3.8) is 0 Å². The smallest absolute Gasteiger partial charge is 0.145 e. The summed E-state index contributed by atoms with van der Waals surface area (Å²) in [6.45, 7) is 2.27. The van der Waals surface area contributed by atoms with Crippen LogP contribution in [-0.4, -0.2) is 35.6 Å². The summed E-state index contributed by atoms with van der Waals surface area (Å²) in [5, 5.41) is 23.8. The fraction of sp³-hybridized carbons (Fsp3) is 0.455. The van der Waals surface area contributed by atoms with E-state index < -0.39 is 18.0 Å². The zero-order chi connectivity index (χ0) is 19.9. The third kappa shape index (κ3) is 3.98. The average Bonchev–Trinajstić information content (AvgIpc) is 3.40. The highest BCUT2D eigenvalue weighted by atomic mass is 19.1. The minimum absolute atomic E-state index is 0.0736. The minimum Gasteiger partial charge on any atom is -0.488 e. The highest BCUT2D eigenvalue weighted by Gasteiger charge is 2.45. The van der Waals surface area contributed by atoms with Gasteiger partial charge in [-0.1, -0.05) is 12.1 Å². The molecule has 0 aromatic heterocycles. The molecule has 1 heterocycles. The van der Waals surface area contributed by atoms with Crippen molar-refractivity contribution in [1.82, 2.24) is 0 Å². The average molecular weight is 389 g/mol. The molecule has 2 aliphatic rings. The van der Waals surface area contributed by atoms with Crippen LogP contribution in [0.2, 0.25) is 0 Å². The fourth-order valence-electron chi connectivity index (χ4n) is 3.86. The molecule has 150 valence electrons. The van der Waals surface area contributed by atoms with Crippen LogP contribution in [0.15, 0.2) is 30.3 Å². The molecule has 0 bridgehead atoms. The lowest BCUT2D eigenvalue weighted by Gasteiger charge is -2.28. The lowest BCUT2D eigenvalue weighted by atomic mass is 9.94. The Morgan fingerprint density at radius 2 is 1.89 bits per heavy atom. The van der Waals surface area contributed by atoms with Crippen LogP contribution in [0.5, 0.6) is 5.75 Å². The van der Waals surface area contributed by atoms with Gasteiger partial charge in [0.15, 0.2) is 0 Å². The molecule has 1 fully saturated rings. The maximum atomic E-state index is 14.4. The maximum absolute atomic E-state index is 14.4. The Hall–Kier alpha value is -2.18. The van der Waals surface area contributed by atoms with E-state index in [0.29, 0.717) is 29.8 Å². The van der Waals surface area contributed by atoms with Gasteiger partial charge >= 0.3 is 0 Å². The van der Waals surface area contributed by atoms with E-state index in [0.717, 1.165) is 18.4 Å². The van der Waals surface area contributed by atoms with Gasteiger partial charge in [-0.05, 0) is 60.4 Å². The minimum atomic E-state index is -1.04. The molecule has 6 heteroatoms. The number of fused-ring (bicyclic) bond motifs is 1. The van der Waals surface area contributed by atoms with Gasteiger partial charge in [0.1, 0.15) is 30.1 Å². The molecular weight excluding hydrogens is 364 g/mol. The maximum Gasteiger partial charge on any atom is 0.145 e. The summed E-state index contributed by atoms with van der Waals surface area (Å²) >= 11 is 0. The summed E-state index contributed by atoms with van der Waals surface area (Å²) < 4.78 is 34.3. The second-order valence-corrected chi connectivity index (χ2v) is 8.21. The second-order valence-electron chi connectivity index (χ2n) is 8.21. The summed E-state index contributed by atoms with van der Waals surface area (Å²) in [7, 11) is 0. The van der Waals surface area contributed by atoms with Crippen molar-refractivity contribution in [2.24, 2.45) is 5.41 Å². The first-order valence-corrected chi connectivity index (χ1v) is 9.65. The zero-order valence-electron chi connectivity index (χ0n) is 15.8. The lowest BCUT2D eigenvalue weighted by molar-refractivity contribution is -0.0212. The van der Waals surface area contributed by atoms with E-state index in [1.165, 1.54) is 18.2 Å². The monoisotopic (exact) mass is 389 g/mol. The van der Waals surface area contributed by atoms with Crippen LogP contribution in [0, 0.1) is 24.0 Å². The number of halogens is 2. The van der Waals surface area contributed by atoms with Crippen molar-refractivity contribution in [3.8, 4) is 5.75 Å². The summed E-state index contributed by atoms with van der Waals surface area (Å²) in [4.78, 5) is 0. The number of rotatable bonds is 2. The molecule has 1 saturated carbocycles. The van der Waals surface area contributed by atoms with Crippen LogP contribution in [0.25, 0.3) is 0 Å². The number of aliphatic hydroxyl groups excluding tert-OH is 2. The van der Waals surface area contributed by atoms with E-state index >= 15 is 0 Å². The van der Waals surface area contributed by atoms with Crippen molar-refractivity contribution >= 4 is 5.69 Å². The van der Waals surface area contributed by atoms with Crippen LogP contribution in [-0.2, 0) is 6.42 Å². The third-order valence-electron chi connectivity index (χ3n) is 5.83. The molecule has 4 nitrogen and oxygen atoms in total. The molecule has 4 rings (SSSR count). The van der Waals surface area contributed by atoms with E-state index in [1.54, 1.807) is 6.07 Å². The van der Waals surface area contributed by atoms with Crippen LogP contribution >= 0.6 is 0 Å². The molecule has 1 aliphatic heterocycles. The van der Waals surface area contributed by atoms with E-state index in [2.05, 4.69) is 5.32 Å². The molecule has 2 aromatic carbocycles. The predicted molar refractivity (Wildman–Crippen MR) is 103 cm³/mol. The Morgan fingerprint density at radius 1 is 1.11 bits per heavy atom. The molecule has 2 atom stereocenters. The Morgan fingerprint density at radius 3 is 2.61 bits per heavy atom. The normalized spacial score (nSPS) is 23.5. The fourth-order valence-corrected chi connectivity index (χ4v) is 3.86. The first kappa shape index (κ1) is 19.2. The quantitative estimate of drug-likeness (QED) is 0.735. The summed E-state index contributed by atoms with van der Waals surface area (Å²) in [6.07, 6.45) is 0.723. The van der Waals surface area contributed by atoms with Crippen LogP contribution < -0.4 is 10.1 Å². The highest BCUT2D eigenvalue weighted by Crippen LogP contribution is 2.50. The molecule has 1 spiro atoms. The van der Waals surface area contributed by atoms with Gasteiger partial charge in [-0.3, -0.25) is 0 Å². The van der Waals surface area contributed by atoms with Crippen molar-refractivity contribution in [3.05, 3.63) is 58.7 Å². The van der Waals surface area contributed by atoms with Gasteiger partial charge in [0.25, 0.3) is 0 Å². The molecular formula is C22H25F2NO3. The second kappa shape index (κ2) is 7.33. The number of ether oxygens (including phenoxy) is 1. The number of anilines is 1. The molecule has 0 saturated heterocycles. The standard InChI is InChI=1S/C22H25F2NO3/c1-13-2-3-14(17(24)6-13)7-15-8-16(23)9-20-21(15)25-12-22(4-5-22)10-18(26)19(27)11-28-20/h2-3,6,8-9,18-19,25-27H,4-5,7,10-12H2,1H3. The van der Waals surface area contributed by atoms with E-state index in [1.807, 2.05) is 13.0 Å². The van der Waals surface area contributed by atoms with Gasteiger partial charge in [0, 0.05) is 19.0 Å². The van der Waals surface area contributed by atoms with Crippen LogP contribution in [0.1, 0.15) is 36.0 Å². The molecule has 1 aliphatic carbocycles. The van der Waals surface area contributed by atoms with E-state index in [-0.39, 0.29) is 30.0 Å². The Balaban J connectivity index is 1.70. The van der Waals surface area contributed by atoms with Gasteiger partial charge in [-0.15, -0.1) is 0 Å². The van der Waals surface area contributed by atoms with Crippen molar-refractivity contribution < 1.29 is 23.7 Å². The molecule has 2 unspecified atom stereocenters. The number of nitrogens with one attached hydrogen (secondary N) is 1. The molecule has 0 amide bonds. The van der Waals surface area contributed by atoms with Crippen LogP contribution in [0.4, 0.5) is 14.5 Å². The van der Waals surface area contributed by atoms with Gasteiger partial charge < -0.3 is 20.3 Å². The molecule has 28 heavy (non-hydrogen) atoms. The van der Waals surface area contributed by atoms with E-state index in [4.69, 9.17) is 4.74 Å². The van der Waals surface area contributed by atoms with Crippen molar-refractivity contribution in [2.45, 2.75) is 44.8 Å². The van der Waals surface area contributed by atoms with Crippen molar-refractivity contribution in [2.75, 3.05) is 18.5 Å². The van der Waals surface area contributed by atoms with Gasteiger partial charge in [0.05, 0.1) is 11.8 Å². The highest BCUT2D eigenvalue weighted by molar-refractivity contribution is 5.64. The first-order chi connectivity index (χ1) is 13.3. The van der Waals surface area contributed by atoms with Gasteiger partial charge in [-0.25, -0.2) is 8.78 Å². The van der Waals surface area contributed by atoms with Gasteiger partial charge in [0.2, 0.25) is 0 Å². The predicted octanol–water partition coefficient (Wildman–Crippen LogP) is 3.56. The SMILES string of the molecule is Cc1ccc(Cc2cc(F)cc3c2NCC2(CC2)CC(O)C(O)CO3)c(F)c1. The number of hydrogen-bond acceptors (Lipinski definition) is 4. The molecule has 0 radical (unpaired) electrons. The number of aliphatic hydroxyl groups is 2. The van der Waals surface area contributed by atoms with Gasteiger partial charge in [-0.2, -0.15) is 0 Å². The van der Waals surface area contributed by atoms with Crippen molar-refractivity contribution in [1.29, 1.82) is 0 Å². The number of benzene rings is 2. The Labute approximate surface area is 163 Å². The Kier molecular flexibility index (Phi) is 5.02. The lowest BCUT2D eigenvalue weighted by Crippen LogP contribution is -2.36. The first-order valence-electron chi connectivity index (χ1n) is 9.65. The Bertz CT molecular complexity index is 882.